The summed E-state index contributed by atoms with van der Waals surface area (Å²) >= 11 is 0. The number of methoxy groups -OCH3 is 2. The summed E-state index contributed by atoms with van der Waals surface area (Å²) in [5.74, 6) is 1.77. The lowest BCUT2D eigenvalue weighted by atomic mass is 10.3. The first-order chi connectivity index (χ1) is 11.0. The zero-order valence-electron chi connectivity index (χ0n) is 12.5. The third-order valence-corrected chi connectivity index (χ3v) is 4.71. The second kappa shape index (κ2) is 5.88. The quantitative estimate of drug-likeness (QED) is 0.901. The van der Waals surface area contributed by atoms with Gasteiger partial charge >= 0.3 is 0 Å². The lowest BCUT2D eigenvalue weighted by Crippen LogP contribution is -2.14. The molecular weight excluding hydrogens is 322 g/mol. The van der Waals surface area contributed by atoms with E-state index in [1.807, 2.05) is 0 Å². The highest BCUT2D eigenvalue weighted by Gasteiger charge is 2.22. The number of hydrogen-bond donors (Lipinski definition) is 1. The molecule has 1 aliphatic rings. The van der Waals surface area contributed by atoms with E-state index in [0.29, 0.717) is 22.9 Å². The number of benzene rings is 2. The summed E-state index contributed by atoms with van der Waals surface area (Å²) in [6.07, 6.45) is 0. The number of sulfonamides is 1. The molecule has 0 radical (unpaired) electrons. The van der Waals surface area contributed by atoms with Crippen molar-refractivity contribution in [2.75, 3.05) is 25.7 Å². The predicted molar refractivity (Wildman–Crippen MR) is 82.9 cm³/mol. The average molecular weight is 337 g/mol. The Morgan fingerprint density at radius 1 is 1.00 bits per heavy atom. The number of nitrogens with one attached hydrogen (secondary N) is 1. The largest absolute Gasteiger partial charge is 0.497 e. The van der Waals surface area contributed by atoms with E-state index in [4.69, 9.17) is 18.9 Å². The SMILES string of the molecule is COc1ccc(S(=O)(=O)Nc2ccc3c(c2)OCO3)c(OC)c1. The topological polar surface area (TPSA) is 83.1 Å². The van der Waals surface area contributed by atoms with Crippen LogP contribution in [-0.2, 0) is 10.0 Å². The lowest BCUT2D eigenvalue weighted by Gasteiger charge is -2.13. The van der Waals surface area contributed by atoms with Crippen LogP contribution >= 0.6 is 0 Å². The molecule has 0 bridgehead atoms. The van der Waals surface area contributed by atoms with Crippen molar-refractivity contribution in [2.24, 2.45) is 0 Å². The molecule has 2 aromatic carbocycles. The summed E-state index contributed by atoms with van der Waals surface area (Å²) in [4.78, 5) is 0.0125. The van der Waals surface area contributed by atoms with Crippen molar-refractivity contribution in [1.29, 1.82) is 0 Å². The molecule has 0 saturated heterocycles. The molecule has 0 fully saturated rings. The molecule has 0 amide bonds. The molecular formula is C15H15NO6S. The number of hydrogen-bond acceptors (Lipinski definition) is 6. The number of fused-ring (bicyclic) bond motifs is 1. The molecule has 1 N–H and O–H groups in total. The van der Waals surface area contributed by atoms with E-state index in [2.05, 4.69) is 4.72 Å². The first kappa shape index (κ1) is 15.3. The van der Waals surface area contributed by atoms with Gasteiger partial charge in [-0.15, -0.1) is 0 Å². The van der Waals surface area contributed by atoms with Crippen molar-refractivity contribution in [3.63, 3.8) is 0 Å². The standard InChI is InChI=1S/C15H15NO6S/c1-19-11-4-6-15(14(8-11)20-2)23(17,18)16-10-3-5-12-13(7-10)22-9-21-12/h3-8,16H,9H2,1-2H3. The highest BCUT2D eigenvalue weighted by Crippen LogP contribution is 2.35. The monoisotopic (exact) mass is 337 g/mol. The molecule has 23 heavy (non-hydrogen) atoms. The van der Waals surface area contributed by atoms with E-state index in [1.54, 1.807) is 24.3 Å². The van der Waals surface area contributed by atoms with E-state index in [9.17, 15) is 8.42 Å². The fraction of sp³-hybridized carbons (Fsp3) is 0.200. The van der Waals surface area contributed by atoms with Crippen LogP contribution in [0.25, 0.3) is 0 Å². The molecule has 1 aliphatic heterocycles. The van der Waals surface area contributed by atoms with Gasteiger partial charge in [-0.25, -0.2) is 8.42 Å². The van der Waals surface area contributed by atoms with Gasteiger partial charge in [0.1, 0.15) is 16.4 Å². The third-order valence-electron chi connectivity index (χ3n) is 3.29. The first-order valence-electron chi connectivity index (χ1n) is 6.68. The first-order valence-corrected chi connectivity index (χ1v) is 8.16. The summed E-state index contributed by atoms with van der Waals surface area (Å²) in [6, 6.07) is 9.29. The van der Waals surface area contributed by atoms with Gasteiger partial charge in [0.05, 0.1) is 19.9 Å². The fourth-order valence-corrected chi connectivity index (χ4v) is 3.37. The molecule has 3 rings (SSSR count). The third kappa shape index (κ3) is 2.98. The summed E-state index contributed by atoms with van der Waals surface area (Å²) in [5, 5.41) is 0. The Bertz CT molecular complexity index is 834. The summed E-state index contributed by atoms with van der Waals surface area (Å²) in [6.45, 7) is 0.123. The molecule has 0 saturated carbocycles. The Hall–Kier alpha value is -2.61. The molecule has 1 heterocycles. The van der Waals surface area contributed by atoms with Crippen LogP contribution in [0.2, 0.25) is 0 Å². The predicted octanol–water partition coefficient (Wildman–Crippen LogP) is 2.23. The summed E-state index contributed by atoms with van der Waals surface area (Å²) < 4.78 is 48.3. The van der Waals surface area contributed by atoms with Crippen LogP contribution in [0, 0.1) is 0 Å². The highest BCUT2D eigenvalue weighted by atomic mass is 32.2. The van der Waals surface area contributed by atoms with Gasteiger partial charge in [0.2, 0.25) is 6.79 Å². The zero-order chi connectivity index (χ0) is 16.4. The highest BCUT2D eigenvalue weighted by molar-refractivity contribution is 7.92. The van der Waals surface area contributed by atoms with Crippen LogP contribution in [-0.4, -0.2) is 29.4 Å². The molecule has 122 valence electrons. The maximum Gasteiger partial charge on any atom is 0.265 e. The molecule has 0 aliphatic carbocycles. The van der Waals surface area contributed by atoms with E-state index in [-0.39, 0.29) is 17.4 Å². The zero-order valence-corrected chi connectivity index (χ0v) is 13.3. The van der Waals surface area contributed by atoms with E-state index < -0.39 is 10.0 Å². The van der Waals surface area contributed by atoms with Crippen LogP contribution in [0.5, 0.6) is 23.0 Å². The normalized spacial score (nSPS) is 12.8. The smallest absolute Gasteiger partial charge is 0.265 e. The summed E-state index contributed by atoms with van der Waals surface area (Å²) in [7, 11) is -0.934. The maximum atomic E-state index is 12.6. The summed E-state index contributed by atoms with van der Waals surface area (Å²) in [5.41, 5.74) is 0.368. The van der Waals surface area contributed by atoms with Crippen LogP contribution < -0.4 is 23.7 Å². The molecule has 0 unspecified atom stereocenters. The van der Waals surface area contributed by atoms with Gasteiger partial charge in [0.25, 0.3) is 10.0 Å². The van der Waals surface area contributed by atoms with Crippen molar-refractivity contribution in [1.82, 2.24) is 0 Å². The van der Waals surface area contributed by atoms with Crippen LogP contribution in [0.1, 0.15) is 0 Å². The molecule has 8 heteroatoms. The number of rotatable bonds is 5. The minimum Gasteiger partial charge on any atom is -0.497 e. The van der Waals surface area contributed by atoms with Gasteiger partial charge in [0.15, 0.2) is 11.5 Å². The van der Waals surface area contributed by atoms with E-state index in [0.717, 1.165) is 0 Å². The van der Waals surface area contributed by atoms with Crippen LogP contribution in [0.3, 0.4) is 0 Å². The molecule has 0 atom stereocenters. The van der Waals surface area contributed by atoms with E-state index in [1.165, 1.54) is 26.4 Å². The second-order valence-electron chi connectivity index (χ2n) is 4.69. The van der Waals surface area contributed by atoms with Crippen molar-refractivity contribution in [2.45, 2.75) is 4.90 Å². The Morgan fingerprint density at radius 2 is 1.78 bits per heavy atom. The minimum atomic E-state index is -3.83. The van der Waals surface area contributed by atoms with Crippen molar-refractivity contribution in [3.8, 4) is 23.0 Å². The Labute approximate surface area is 133 Å². The number of anilines is 1. The number of ether oxygens (including phenoxy) is 4. The van der Waals surface area contributed by atoms with Gasteiger partial charge in [-0.1, -0.05) is 0 Å². The lowest BCUT2D eigenvalue weighted by molar-refractivity contribution is 0.174. The minimum absolute atomic E-state index is 0.0125. The van der Waals surface area contributed by atoms with Crippen molar-refractivity contribution < 1.29 is 27.4 Å². The van der Waals surface area contributed by atoms with Gasteiger partial charge < -0.3 is 18.9 Å². The Balaban J connectivity index is 1.93. The van der Waals surface area contributed by atoms with Crippen molar-refractivity contribution in [3.05, 3.63) is 36.4 Å². The van der Waals surface area contributed by atoms with Crippen molar-refractivity contribution >= 4 is 15.7 Å². The molecule has 7 nitrogen and oxygen atoms in total. The van der Waals surface area contributed by atoms with Crippen LogP contribution in [0.4, 0.5) is 5.69 Å². The van der Waals surface area contributed by atoms with Gasteiger partial charge in [0, 0.05) is 12.1 Å². The molecule has 0 aromatic heterocycles. The van der Waals surface area contributed by atoms with Gasteiger partial charge in [-0.2, -0.15) is 0 Å². The van der Waals surface area contributed by atoms with Gasteiger partial charge in [-0.05, 0) is 24.3 Å². The fourth-order valence-electron chi connectivity index (χ4n) is 2.17. The average Bonchev–Trinajstić information content (AvgIpc) is 3.01. The maximum absolute atomic E-state index is 12.6. The molecule has 0 spiro atoms. The Morgan fingerprint density at radius 3 is 2.52 bits per heavy atom. The van der Waals surface area contributed by atoms with Crippen LogP contribution in [0.15, 0.2) is 41.3 Å². The van der Waals surface area contributed by atoms with Gasteiger partial charge in [-0.3, -0.25) is 4.72 Å². The molecule has 2 aromatic rings. The second-order valence-corrected chi connectivity index (χ2v) is 6.34. The Kier molecular flexibility index (Phi) is 3.91. The van der Waals surface area contributed by atoms with E-state index >= 15 is 0 Å².